The zero-order valence-electron chi connectivity index (χ0n) is 15.2. The van der Waals surface area contributed by atoms with E-state index in [9.17, 15) is 0 Å². The van der Waals surface area contributed by atoms with Gasteiger partial charge in [-0.25, -0.2) is 0 Å². The number of anilines is 1. The molecule has 2 nitrogen and oxygen atoms in total. The maximum Gasteiger partial charge on any atom is 0.0908 e. The van der Waals surface area contributed by atoms with E-state index in [1.165, 1.54) is 43.5 Å². The largest absolute Gasteiger partial charge is 0.255 e. The molecular weight excluding hydrogens is 292 g/mol. The van der Waals surface area contributed by atoms with Crippen molar-refractivity contribution in [1.82, 2.24) is 0 Å². The summed E-state index contributed by atoms with van der Waals surface area (Å²) in [4.78, 5) is 0. The molecule has 0 saturated heterocycles. The quantitative estimate of drug-likeness (QED) is 0.661. The van der Waals surface area contributed by atoms with E-state index in [1.54, 1.807) is 11.1 Å². The summed E-state index contributed by atoms with van der Waals surface area (Å²) < 4.78 is 0. The van der Waals surface area contributed by atoms with Crippen molar-refractivity contribution in [3.63, 3.8) is 0 Å². The number of hydrogen-bond acceptors (Lipinski definition) is 2. The highest BCUT2D eigenvalue weighted by Crippen LogP contribution is 2.62. The molecule has 2 bridgehead atoms. The zero-order valence-corrected chi connectivity index (χ0v) is 15.2. The van der Waals surface area contributed by atoms with E-state index in [1.807, 2.05) is 0 Å². The van der Waals surface area contributed by atoms with Crippen LogP contribution in [0.3, 0.4) is 0 Å². The Morgan fingerprint density at radius 1 is 1.04 bits per heavy atom. The Morgan fingerprint density at radius 3 is 2.62 bits per heavy atom. The summed E-state index contributed by atoms with van der Waals surface area (Å²) in [5, 5.41) is 7.68. The first-order chi connectivity index (χ1) is 11.5. The number of fused-ring (bicyclic) bond motifs is 1. The Labute approximate surface area is 145 Å². The third-order valence-corrected chi connectivity index (χ3v) is 6.76. The standard InChI is InChI=1S/C22H28N2/c1-15-9-17-13-21(3)11-16(2)12-22(14-21)20(17)19(10-15)23-24(22)18-7-5-4-6-8-18/h4-8,15-16H,9-14H2,1-3H3/t15-,16+,21-,22+/m0/s1. The maximum atomic E-state index is 5.24. The lowest BCUT2D eigenvalue weighted by molar-refractivity contribution is 0.0941. The molecule has 5 rings (SSSR count). The van der Waals surface area contributed by atoms with Crippen LogP contribution in [0.2, 0.25) is 0 Å². The zero-order chi connectivity index (χ0) is 16.5. The van der Waals surface area contributed by atoms with Gasteiger partial charge in [-0.3, -0.25) is 5.01 Å². The maximum absolute atomic E-state index is 5.24. The van der Waals surface area contributed by atoms with Crippen LogP contribution in [0.1, 0.15) is 59.3 Å². The fourth-order valence-electron chi connectivity index (χ4n) is 6.62. The molecule has 2 heteroatoms. The molecule has 3 aliphatic carbocycles. The molecule has 1 spiro atoms. The molecule has 1 saturated carbocycles. The first-order valence-electron chi connectivity index (χ1n) is 9.65. The first kappa shape index (κ1) is 14.7. The van der Waals surface area contributed by atoms with Gasteiger partial charge in [0, 0.05) is 5.57 Å². The van der Waals surface area contributed by atoms with Crippen molar-refractivity contribution in [2.45, 2.75) is 64.8 Å². The fraction of sp³-hybridized carbons (Fsp3) is 0.591. The van der Waals surface area contributed by atoms with Gasteiger partial charge in [-0.1, -0.05) is 44.5 Å². The first-order valence-corrected chi connectivity index (χ1v) is 9.65. The van der Waals surface area contributed by atoms with Gasteiger partial charge in [0.25, 0.3) is 0 Å². The van der Waals surface area contributed by atoms with Crippen molar-refractivity contribution in [1.29, 1.82) is 0 Å². The Hall–Kier alpha value is -1.57. The second-order valence-corrected chi connectivity index (χ2v) is 9.40. The highest BCUT2D eigenvalue weighted by Gasteiger charge is 2.59. The molecule has 126 valence electrons. The third kappa shape index (κ3) is 1.92. The highest BCUT2D eigenvalue weighted by atomic mass is 15.5. The fourth-order valence-corrected chi connectivity index (χ4v) is 6.62. The monoisotopic (exact) mass is 320 g/mol. The molecule has 24 heavy (non-hydrogen) atoms. The molecule has 1 aromatic carbocycles. The van der Waals surface area contributed by atoms with Crippen LogP contribution in [0.4, 0.5) is 5.69 Å². The average Bonchev–Trinajstić information content (AvgIpc) is 2.79. The molecule has 0 radical (unpaired) electrons. The van der Waals surface area contributed by atoms with Crippen molar-refractivity contribution >= 4 is 11.4 Å². The predicted octanol–water partition coefficient (Wildman–Crippen LogP) is 5.56. The van der Waals surface area contributed by atoms with Crippen LogP contribution in [-0.2, 0) is 0 Å². The van der Waals surface area contributed by atoms with Crippen LogP contribution in [0.25, 0.3) is 0 Å². The smallest absolute Gasteiger partial charge is 0.0908 e. The molecule has 0 amide bonds. The van der Waals surface area contributed by atoms with Crippen molar-refractivity contribution in [3.05, 3.63) is 41.5 Å². The average molecular weight is 320 g/mol. The summed E-state index contributed by atoms with van der Waals surface area (Å²) in [7, 11) is 0. The number of nitrogens with zero attached hydrogens (tertiary/aromatic N) is 2. The lowest BCUT2D eigenvalue weighted by atomic mass is 9.52. The minimum absolute atomic E-state index is 0.136. The van der Waals surface area contributed by atoms with Crippen LogP contribution in [-0.4, -0.2) is 11.3 Å². The molecule has 0 aromatic heterocycles. The van der Waals surface area contributed by atoms with Gasteiger partial charge in [0.05, 0.1) is 16.9 Å². The van der Waals surface area contributed by atoms with E-state index >= 15 is 0 Å². The molecule has 0 unspecified atom stereocenters. The number of hydrogen-bond donors (Lipinski definition) is 0. The van der Waals surface area contributed by atoms with Gasteiger partial charge in [-0.2, -0.15) is 5.10 Å². The van der Waals surface area contributed by atoms with Crippen molar-refractivity contribution < 1.29 is 0 Å². The molecule has 4 aliphatic rings. The Bertz CT molecular complexity index is 746. The minimum Gasteiger partial charge on any atom is -0.255 e. The van der Waals surface area contributed by atoms with Crippen LogP contribution in [0.5, 0.6) is 0 Å². The minimum atomic E-state index is 0.136. The summed E-state index contributed by atoms with van der Waals surface area (Å²) in [6, 6.07) is 10.9. The third-order valence-electron chi connectivity index (χ3n) is 6.76. The summed E-state index contributed by atoms with van der Waals surface area (Å²) in [6.07, 6.45) is 7.67. The summed E-state index contributed by atoms with van der Waals surface area (Å²) in [5.74, 6) is 1.52. The lowest BCUT2D eigenvalue weighted by Gasteiger charge is -2.56. The molecule has 1 heterocycles. The number of allylic oxidation sites excluding steroid dienone is 1. The van der Waals surface area contributed by atoms with Crippen LogP contribution in [0, 0.1) is 17.3 Å². The normalized spacial score (nSPS) is 40.5. The molecule has 4 atom stereocenters. The Balaban J connectivity index is 1.73. The number of benzene rings is 1. The lowest BCUT2D eigenvalue weighted by Crippen LogP contribution is -2.56. The van der Waals surface area contributed by atoms with E-state index in [4.69, 9.17) is 5.10 Å². The molecule has 1 fully saturated rings. The molecule has 0 N–H and O–H groups in total. The number of rotatable bonds is 1. The van der Waals surface area contributed by atoms with Gasteiger partial charge < -0.3 is 0 Å². The van der Waals surface area contributed by atoms with Gasteiger partial charge in [-0.05, 0) is 67.9 Å². The second-order valence-electron chi connectivity index (χ2n) is 9.40. The van der Waals surface area contributed by atoms with E-state index < -0.39 is 0 Å². The highest BCUT2D eigenvalue weighted by molar-refractivity contribution is 6.07. The predicted molar refractivity (Wildman–Crippen MR) is 100 cm³/mol. The summed E-state index contributed by atoms with van der Waals surface area (Å²) >= 11 is 0. The van der Waals surface area contributed by atoms with Gasteiger partial charge >= 0.3 is 0 Å². The van der Waals surface area contributed by atoms with Crippen molar-refractivity contribution in [2.24, 2.45) is 22.4 Å². The second kappa shape index (κ2) is 4.74. The van der Waals surface area contributed by atoms with Gasteiger partial charge in [0.1, 0.15) is 0 Å². The van der Waals surface area contributed by atoms with Crippen LogP contribution in [0.15, 0.2) is 46.6 Å². The van der Waals surface area contributed by atoms with Crippen molar-refractivity contribution in [2.75, 3.05) is 5.01 Å². The Kier molecular flexibility index (Phi) is 2.91. The SMILES string of the molecule is C[C@@H]1CC2=NN(c3ccccc3)[C@@]34C[C@H](C)C[C@@](C)(CC(=C23)C1)C4. The van der Waals surface area contributed by atoms with Gasteiger partial charge in [-0.15, -0.1) is 0 Å². The summed E-state index contributed by atoms with van der Waals surface area (Å²) in [6.45, 7) is 7.39. The number of hydrazone groups is 1. The van der Waals surface area contributed by atoms with Gasteiger partial charge in [0.15, 0.2) is 0 Å². The van der Waals surface area contributed by atoms with Crippen LogP contribution >= 0.6 is 0 Å². The van der Waals surface area contributed by atoms with Crippen LogP contribution < -0.4 is 5.01 Å². The van der Waals surface area contributed by atoms with E-state index in [2.05, 4.69) is 56.1 Å². The van der Waals surface area contributed by atoms with Crippen molar-refractivity contribution in [3.8, 4) is 0 Å². The van der Waals surface area contributed by atoms with E-state index in [0.29, 0.717) is 5.41 Å². The van der Waals surface area contributed by atoms with E-state index in [-0.39, 0.29) is 5.54 Å². The van der Waals surface area contributed by atoms with E-state index in [0.717, 1.165) is 18.3 Å². The van der Waals surface area contributed by atoms with Gasteiger partial charge in [0.2, 0.25) is 0 Å². The summed E-state index contributed by atoms with van der Waals surface area (Å²) in [5.41, 5.74) is 6.67. The number of para-hydroxylation sites is 1. The topological polar surface area (TPSA) is 15.6 Å². The Morgan fingerprint density at radius 2 is 1.83 bits per heavy atom. The molecule has 1 aliphatic heterocycles. The molecular formula is C22H28N2. The molecule has 1 aromatic rings.